The first-order chi connectivity index (χ1) is 25.9. The molecule has 1 N–H and O–H groups in total. The van der Waals surface area contributed by atoms with Gasteiger partial charge in [-0.15, -0.1) is 5.69 Å². The average Bonchev–Trinajstić information content (AvgIpc) is 3.84. The van der Waals surface area contributed by atoms with E-state index in [0.717, 1.165) is 34.2 Å². The quantitative estimate of drug-likeness (QED) is 0.103. The molecule has 5 aromatic rings. The molecule has 3 atom stereocenters. The van der Waals surface area contributed by atoms with E-state index >= 15 is 0 Å². The molecule has 0 saturated carbocycles. The minimum atomic E-state index is -1.47. The van der Waals surface area contributed by atoms with Crippen molar-refractivity contribution in [2.75, 3.05) is 19.7 Å². The number of para-hydroxylation sites is 1. The van der Waals surface area contributed by atoms with Crippen LogP contribution in [0.3, 0.4) is 0 Å². The maximum absolute atomic E-state index is 13.9. The van der Waals surface area contributed by atoms with Crippen LogP contribution in [0.4, 0.5) is 10.5 Å². The Morgan fingerprint density at radius 2 is 1.52 bits per heavy atom. The second kappa shape index (κ2) is 17.5. The number of nitrogens with zero attached hydrogens (tertiary/aromatic N) is 4. The predicted molar refractivity (Wildman–Crippen MR) is 202 cm³/mol. The number of hydrogen-bond donors (Lipinski definition) is 1. The Kier molecular flexibility index (Phi) is 12.3. The van der Waals surface area contributed by atoms with E-state index in [-0.39, 0.29) is 42.0 Å². The fraction of sp³-hybridized carbons (Fsp3) is 0.233. The van der Waals surface area contributed by atoms with Crippen LogP contribution >= 0.6 is 0 Å². The molecule has 0 radical (unpaired) electrons. The summed E-state index contributed by atoms with van der Waals surface area (Å²) < 4.78 is 5.03. The Labute approximate surface area is 323 Å². The molecular weight excluding hydrogens is 727 g/mol. The number of rotatable bonds is 12. The first-order valence-corrected chi connectivity index (χ1v) is 17.8. The summed E-state index contributed by atoms with van der Waals surface area (Å²) in [5, 5.41) is 17.3. The third-order valence-electron chi connectivity index (χ3n) is 9.90. The number of cyclic esters (lactones) is 1. The monoisotopic (exact) mass is 765 g/mol. The minimum absolute atomic E-state index is 0. The van der Waals surface area contributed by atoms with E-state index in [0.29, 0.717) is 41.1 Å². The molecule has 2 fully saturated rings. The zero-order valence-electron chi connectivity index (χ0n) is 29.4. The van der Waals surface area contributed by atoms with Crippen LogP contribution in [0.15, 0.2) is 132 Å². The number of benzene rings is 5. The first-order valence-electron chi connectivity index (χ1n) is 17.8. The molecule has 3 amide bonds. The minimum Gasteiger partial charge on any atom is -0.625 e. The van der Waals surface area contributed by atoms with Crippen molar-refractivity contribution >= 4 is 46.0 Å². The Hall–Kier alpha value is -5.64. The third-order valence-corrected chi connectivity index (χ3v) is 9.90. The average molecular weight is 767 g/mol. The Morgan fingerprint density at radius 3 is 2.26 bits per heavy atom. The summed E-state index contributed by atoms with van der Waals surface area (Å²) in [6, 6.07) is 37.5. The van der Waals surface area contributed by atoms with E-state index in [1.54, 1.807) is 30.3 Å². The summed E-state index contributed by atoms with van der Waals surface area (Å²) in [7, 11) is 0. The summed E-state index contributed by atoms with van der Waals surface area (Å²) in [6.45, 7) is 1.58. The smallest absolute Gasteiger partial charge is 0.416 e. The zero-order valence-corrected chi connectivity index (χ0v) is 30.4. The Balaban J connectivity index is 0.00000497. The number of ether oxygens (including phenoxy) is 1. The molecule has 2 saturated heterocycles. The van der Waals surface area contributed by atoms with Crippen molar-refractivity contribution in [3.63, 3.8) is 0 Å². The number of aliphatic imine (C=N–C) groups is 1. The fourth-order valence-corrected chi connectivity index (χ4v) is 7.31. The van der Waals surface area contributed by atoms with Gasteiger partial charge in [-0.2, -0.15) is 0 Å². The van der Waals surface area contributed by atoms with E-state index in [1.807, 2.05) is 97.1 Å². The molecule has 2 aliphatic heterocycles. The Morgan fingerprint density at radius 1 is 0.833 bits per heavy atom. The van der Waals surface area contributed by atoms with Gasteiger partial charge in [0.25, 0.3) is 0 Å². The van der Waals surface area contributed by atoms with Gasteiger partial charge >= 0.3 is 12.1 Å². The number of amides is 3. The molecule has 2 heterocycles. The van der Waals surface area contributed by atoms with Gasteiger partial charge in [-0.25, -0.2) is 14.5 Å². The molecule has 0 aromatic heterocycles. The first kappa shape index (κ1) is 38.1. The third kappa shape index (κ3) is 8.43. The molecule has 54 heavy (non-hydrogen) atoms. The number of likely N-dealkylation sites (tertiary alicyclic amines) is 1. The van der Waals surface area contributed by atoms with Gasteiger partial charge in [-0.1, -0.05) is 127 Å². The molecule has 0 aliphatic carbocycles. The molecule has 7 rings (SSSR count). The number of imide groups is 1. The van der Waals surface area contributed by atoms with E-state index in [1.165, 1.54) is 0 Å². The molecular formula is C43H39N4NiO6-. The van der Waals surface area contributed by atoms with Gasteiger partial charge in [0.15, 0.2) is 6.04 Å². The van der Waals surface area contributed by atoms with Crippen LogP contribution in [0.2, 0.25) is 0 Å². The summed E-state index contributed by atoms with van der Waals surface area (Å²) >= 11 is 0. The molecule has 2 aliphatic rings. The molecule has 10 nitrogen and oxygen atoms in total. The van der Waals surface area contributed by atoms with Gasteiger partial charge in [-0.05, 0) is 46.8 Å². The van der Waals surface area contributed by atoms with Crippen LogP contribution in [0, 0.1) is 0 Å². The molecule has 0 spiro atoms. The van der Waals surface area contributed by atoms with Crippen LogP contribution in [-0.4, -0.2) is 76.3 Å². The Bertz CT molecular complexity index is 2160. The molecule has 5 aromatic carbocycles. The summed E-state index contributed by atoms with van der Waals surface area (Å²) in [5.74, 6) is -3.05. The fourth-order valence-electron chi connectivity index (χ4n) is 7.31. The van der Waals surface area contributed by atoms with Crippen molar-refractivity contribution in [2.45, 2.75) is 43.8 Å². The molecule has 0 unspecified atom stereocenters. The van der Waals surface area contributed by atoms with Crippen LogP contribution in [-0.2, 0) is 42.2 Å². The van der Waals surface area contributed by atoms with Crippen molar-refractivity contribution < 1.29 is 45.5 Å². The standard InChI is InChI=1S/C43H40N4O6.Ni/c48-38(47-25-26-53-43(47)52)27-35(33-21-11-18-30-15-7-8-19-32(30)33)40(42(50)51)45-39(31-16-5-2-6-17-31)34-20-9-10-22-36(34)44-41(49)37-23-12-24-46(37)28-29-13-3-1-4-14-29;/h1-11,13-22,35,37,40H,12,23-28H2,(H2,44,45,49,50,51);/p-1/t35-,37+,40+;/m1./s1. The van der Waals surface area contributed by atoms with Gasteiger partial charge in [0.1, 0.15) is 6.61 Å². The van der Waals surface area contributed by atoms with Gasteiger partial charge < -0.3 is 20.0 Å². The topological polar surface area (TPSA) is 131 Å². The van der Waals surface area contributed by atoms with Crippen molar-refractivity contribution in [2.24, 2.45) is 4.99 Å². The van der Waals surface area contributed by atoms with Crippen LogP contribution in [0.1, 0.15) is 47.4 Å². The van der Waals surface area contributed by atoms with E-state index in [4.69, 9.17) is 9.73 Å². The molecule has 11 heteroatoms. The second-order valence-corrected chi connectivity index (χ2v) is 13.2. The van der Waals surface area contributed by atoms with Crippen molar-refractivity contribution in [3.8, 4) is 0 Å². The van der Waals surface area contributed by atoms with Crippen LogP contribution in [0.5, 0.6) is 0 Å². The van der Waals surface area contributed by atoms with Gasteiger partial charge in [-0.3, -0.25) is 14.7 Å². The zero-order chi connectivity index (χ0) is 36.7. The normalized spacial score (nSPS) is 17.0. The van der Waals surface area contributed by atoms with Crippen LogP contribution in [0.25, 0.3) is 16.1 Å². The van der Waals surface area contributed by atoms with Gasteiger partial charge in [0, 0.05) is 40.9 Å². The number of carboxylic acid groups (broad SMARTS) is 1. The maximum atomic E-state index is 13.9. The van der Waals surface area contributed by atoms with Crippen molar-refractivity contribution in [3.05, 3.63) is 155 Å². The van der Waals surface area contributed by atoms with E-state index in [9.17, 15) is 24.3 Å². The summed E-state index contributed by atoms with van der Waals surface area (Å²) in [5.41, 5.74) is 3.51. The number of fused-ring (bicyclic) bond motifs is 1. The summed E-state index contributed by atoms with van der Waals surface area (Å²) in [4.78, 5) is 61.6. The molecule has 278 valence electrons. The maximum Gasteiger partial charge on any atom is 0.416 e. The number of carbonyl (C=O) groups is 4. The number of aliphatic carboxylic acids is 1. The largest absolute Gasteiger partial charge is 0.625 e. The number of hydrogen-bond acceptors (Lipinski definition) is 7. The number of carbonyl (C=O) groups excluding carboxylic acids is 3. The summed E-state index contributed by atoms with van der Waals surface area (Å²) in [6.07, 6.45) is 0.496. The predicted octanol–water partition coefficient (Wildman–Crippen LogP) is 7.48. The SMILES string of the molecule is O=C(O)[C@@H](N=C(c1ccccc1)c1ccccc1[N-]C(=O)[C@@H]1CCCN1Cc1ccccc1)[C@H](CC(=O)N1CCOC1=O)c1cccc2ccccc12.[Ni]. The van der Waals surface area contributed by atoms with Gasteiger partial charge in [0.2, 0.25) is 5.91 Å². The molecule has 0 bridgehead atoms. The number of carboxylic acids is 1. The second-order valence-electron chi connectivity index (χ2n) is 13.2. The van der Waals surface area contributed by atoms with Crippen LogP contribution < -0.4 is 0 Å². The van der Waals surface area contributed by atoms with E-state index < -0.39 is 36.0 Å². The van der Waals surface area contributed by atoms with Crippen molar-refractivity contribution in [1.29, 1.82) is 0 Å². The van der Waals surface area contributed by atoms with Gasteiger partial charge in [0.05, 0.1) is 24.2 Å². The van der Waals surface area contributed by atoms with E-state index in [2.05, 4.69) is 10.2 Å². The van der Waals surface area contributed by atoms with Crippen molar-refractivity contribution in [1.82, 2.24) is 9.80 Å².